The standard InChI is InChI=1S/C10H11F3N2O2S/c1-6(18-10(11,12)13)9(16)15-7-3-4-8(17-2)14-5-7/h3-6H,1-2H3,(H,15,16). The Bertz CT molecular complexity index is 409. The van der Waals surface area contributed by atoms with E-state index in [0.29, 0.717) is 11.6 Å². The lowest BCUT2D eigenvalue weighted by Gasteiger charge is -2.13. The number of thioether (sulfide) groups is 1. The zero-order valence-corrected chi connectivity index (χ0v) is 10.4. The van der Waals surface area contributed by atoms with Gasteiger partial charge in [-0.25, -0.2) is 4.98 Å². The Kier molecular flexibility index (Phi) is 4.83. The van der Waals surface area contributed by atoms with Gasteiger partial charge in [0.25, 0.3) is 0 Å². The summed E-state index contributed by atoms with van der Waals surface area (Å²) in [6.07, 6.45) is 1.31. The number of pyridine rings is 1. The van der Waals surface area contributed by atoms with E-state index >= 15 is 0 Å². The number of hydrogen-bond acceptors (Lipinski definition) is 4. The van der Waals surface area contributed by atoms with Crippen molar-refractivity contribution in [1.29, 1.82) is 0 Å². The van der Waals surface area contributed by atoms with Gasteiger partial charge in [0.2, 0.25) is 11.8 Å². The highest BCUT2D eigenvalue weighted by Crippen LogP contribution is 2.34. The van der Waals surface area contributed by atoms with Crippen molar-refractivity contribution in [3.05, 3.63) is 18.3 Å². The SMILES string of the molecule is COc1ccc(NC(=O)C(C)SC(F)(F)F)cn1. The highest BCUT2D eigenvalue weighted by molar-refractivity contribution is 8.01. The summed E-state index contributed by atoms with van der Waals surface area (Å²) in [5, 5.41) is 1.11. The van der Waals surface area contributed by atoms with Crippen LogP contribution in [0.25, 0.3) is 0 Å². The predicted octanol–water partition coefficient (Wildman–Crippen LogP) is 2.67. The lowest BCUT2D eigenvalue weighted by atomic mass is 10.3. The first-order valence-electron chi connectivity index (χ1n) is 4.87. The molecule has 8 heteroatoms. The minimum absolute atomic E-state index is 0.315. The Morgan fingerprint density at radius 3 is 2.61 bits per heavy atom. The monoisotopic (exact) mass is 280 g/mol. The van der Waals surface area contributed by atoms with Crippen LogP contribution in [0.3, 0.4) is 0 Å². The third-order valence-corrected chi connectivity index (χ3v) is 2.73. The molecule has 0 spiro atoms. The van der Waals surface area contributed by atoms with Crippen LogP contribution >= 0.6 is 11.8 Å². The third-order valence-electron chi connectivity index (χ3n) is 1.89. The molecule has 1 amide bonds. The van der Waals surface area contributed by atoms with E-state index in [-0.39, 0.29) is 11.8 Å². The molecule has 0 aliphatic carbocycles. The van der Waals surface area contributed by atoms with Crippen molar-refractivity contribution in [3.8, 4) is 5.88 Å². The molecule has 1 unspecified atom stereocenters. The van der Waals surface area contributed by atoms with E-state index in [1.54, 1.807) is 0 Å². The zero-order chi connectivity index (χ0) is 13.8. The molecule has 4 nitrogen and oxygen atoms in total. The van der Waals surface area contributed by atoms with Crippen LogP contribution in [0.5, 0.6) is 5.88 Å². The normalized spacial score (nSPS) is 12.9. The van der Waals surface area contributed by atoms with Gasteiger partial charge in [0.15, 0.2) is 0 Å². The maximum atomic E-state index is 12.1. The number of anilines is 1. The molecule has 0 aromatic carbocycles. The first kappa shape index (κ1) is 14.6. The number of amides is 1. The van der Waals surface area contributed by atoms with E-state index in [4.69, 9.17) is 4.74 Å². The molecule has 1 aromatic heterocycles. The quantitative estimate of drug-likeness (QED) is 0.921. The molecule has 1 rings (SSSR count). The molecule has 1 aromatic rings. The van der Waals surface area contributed by atoms with Gasteiger partial charge in [-0.1, -0.05) is 0 Å². The van der Waals surface area contributed by atoms with Gasteiger partial charge in [0.05, 0.1) is 24.2 Å². The van der Waals surface area contributed by atoms with Crippen LogP contribution < -0.4 is 10.1 Å². The van der Waals surface area contributed by atoms with Crippen LogP contribution in [0.1, 0.15) is 6.92 Å². The van der Waals surface area contributed by atoms with Crippen molar-refractivity contribution in [3.63, 3.8) is 0 Å². The maximum Gasteiger partial charge on any atom is 0.442 e. The second-order valence-electron chi connectivity index (χ2n) is 3.28. The van der Waals surface area contributed by atoms with Crippen LogP contribution in [0.4, 0.5) is 18.9 Å². The fourth-order valence-electron chi connectivity index (χ4n) is 1.07. The van der Waals surface area contributed by atoms with Gasteiger partial charge in [0.1, 0.15) is 0 Å². The number of ether oxygens (including phenoxy) is 1. The summed E-state index contributed by atoms with van der Waals surface area (Å²) in [7, 11) is 1.43. The molecule has 0 saturated heterocycles. The van der Waals surface area contributed by atoms with Crippen LogP contribution in [-0.2, 0) is 4.79 Å². The first-order chi connectivity index (χ1) is 8.31. The Hall–Kier alpha value is -1.44. The molecule has 100 valence electrons. The molecular formula is C10H11F3N2O2S. The van der Waals surface area contributed by atoms with Crippen molar-refractivity contribution >= 4 is 23.4 Å². The summed E-state index contributed by atoms with van der Waals surface area (Å²) >= 11 is -0.365. The van der Waals surface area contributed by atoms with Crippen LogP contribution in [-0.4, -0.2) is 28.8 Å². The van der Waals surface area contributed by atoms with Gasteiger partial charge in [-0.05, 0) is 24.8 Å². The van der Waals surface area contributed by atoms with E-state index in [2.05, 4.69) is 10.3 Å². The smallest absolute Gasteiger partial charge is 0.442 e. The summed E-state index contributed by atoms with van der Waals surface area (Å²) in [5.41, 5.74) is -4.12. The number of carbonyl (C=O) groups excluding carboxylic acids is 1. The van der Waals surface area contributed by atoms with Crippen LogP contribution in [0, 0.1) is 0 Å². The maximum absolute atomic E-state index is 12.1. The Balaban J connectivity index is 2.58. The molecule has 0 radical (unpaired) electrons. The highest BCUT2D eigenvalue weighted by atomic mass is 32.2. The Morgan fingerprint density at radius 1 is 1.50 bits per heavy atom. The number of halogens is 3. The average Bonchev–Trinajstić information content (AvgIpc) is 2.27. The van der Waals surface area contributed by atoms with Gasteiger partial charge in [-0.3, -0.25) is 4.79 Å². The molecule has 0 fully saturated rings. The van der Waals surface area contributed by atoms with E-state index in [1.165, 1.54) is 32.4 Å². The lowest BCUT2D eigenvalue weighted by molar-refractivity contribution is -0.115. The number of methoxy groups -OCH3 is 1. The van der Waals surface area contributed by atoms with Crippen molar-refractivity contribution in [2.24, 2.45) is 0 Å². The Labute approximate surface area is 106 Å². The summed E-state index contributed by atoms with van der Waals surface area (Å²) < 4.78 is 41.0. The summed E-state index contributed by atoms with van der Waals surface area (Å²) in [5.74, 6) is -0.380. The predicted molar refractivity (Wildman–Crippen MR) is 62.5 cm³/mol. The average molecular weight is 280 g/mol. The number of aromatic nitrogens is 1. The summed E-state index contributed by atoms with van der Waals surface area (Å²) in [6.45, 7) is 1.18. The molecular weight excluding hydrogens is 269 g/mol. The molecule has 0 aliphatic heterocycles. The third kappa shape index (κ3) is 4.82. The number of carbonyl (C=O) groups is 1. The van der Waals surface area contributed by atoms with E-state index in [0.717, 1.165) is 0 Å². The van der Waals surface area contributed by atoms with Gasteiger partial charge < -0.3 is 10.1 Å². The molecule has 0 bridgehead atoms. The number of hydrogen-bond donors (Lipinski definition) is 1. The van der Waals surface area contributed by atoms with Gasteiger partial charge in [0, 0.05) is 6.07 Å². The molecule has 1 N–H and O–H groups in total. The zero-order valence-electron chi connectivity index (χ0n) is 9.62. The second-order valence-corrected chi connectivity index (χ2v) is 4.69. The number of nitrogens with zero attached hydrogens (tertiary/aromatic N) is 1. The van der Waals surface area contributed by atoms with Crippen molar-refractivity contribution < 1.29 is 22.7 Å². The van der Waals surface area contributed by atoms with Crippen molar-refractivity contribution in [2.75, 3.05) is 12.4 Å². The van der Waals surface area contributed by atoms with Crippen molar-refractivity contribution in [1.82, 2.24) is 4.98 Å². The van der Waals surface area contributed by atoms with E-state index < -0.39 is 16.7 Å². The molecule has 0 aliphatic rings. The summed E-state index contributed by atoms with van der Waals surface area (Å²) in [6, 6.07) is 2.99. The second kappa shape index (κ2) is 5.94. The van der Waals surface area contributed by atoms with Crippen LogP contribution in [0.2, 0.25) is 0 Å². The largest absolute Gasteiger partial charge is 0.481 e. The highest BCUT2D eigenvalue weighted by Gasteiger charge is 2.34. The summed E-state index contributed by atoms with van der Waals surface area (Å²) in [4.78, 5) is 15.3. The molecule has 1 heterocycles. The van der Waals surface area contributed by atoms with Crippen molar-refractivity contribution in [2.45, 2.75) is 17.7 Å². The number of rotatable bonds is 4. The van der Waals surface area contributed by atoms with Gasteiger partial charge >= 0.3 is 5.51 Å². The molecule has 1 atom stereocenters. The fourth-order valence-corrected chi connectivity index (χ4v) is 1.64. The van der Waals surface area contributed by atoms with Gasteiger partial charge in [-0.2, -0.15) is 13.2 Å². The minimum Gasteiger partial charge on any atom is -0.481 e. The van der Waals surface area contributed by atoms with E-state index in [1.807, 2.05) is 0 Å². The molecule has 18 heavy (non-hydrogen) atoms. The van der Waals surface area contributed by atoms with Crippen LogP contribution in [0.15, 0.2) is 18.3 Å². The van der Waals surface area contributed by atoms with E-state index in [9.17, 15) is 18.0 Å². The first-order valence-corrected chi connectivity index (χ1v) is 5.75. The number of alkyl halides is 3. The number of nitrogens with one attached hydrogen (secondary N) is 1. The minimum atomic E-state index is -4.44. The fraction of sp³-hybridized carbons (Fsp3) is 0.400. The molecule has 0 saturated carbocycles. The lowest BCUT2D eigenvalue weighted by Crippen LogP contribution is -2.25. The topological polar surface area (TPSA) is 51.2 Å². The Morgan fingerprint density at radius 2 is 2.17 bits per heavy atom. The van der Waals surface area contributed by atoms with Gasteiger partial charge in [-0.15, -0.1) is 0 Å².